The smallest absolute Gasteiger partial charge is 0.311 e. The number of benzene rings is 2. The van der Waals surface area contributed by atoms with Gasteiger partial charge in [0.1, 0.15) is 18.2 Å². The Morgan fingerprint density at radius 3 is 2.81 bits per heavy atom. The van der Waals surface area contributed by atoms with Gasteiger partial charge in [-0.2, -0.15) is 0 Å². The number of halogens is 2. The van der Waals surface area contributed by atoms with Crippen molar-refractivity contribution in [1.82, 2.24) is 4.90 Å². The number of methoxy groups -OCH3 is 1. The van der Waals surface area contributed by atoms with E-state index in [9.17, 15) is 9.18 Å². The number of likely N-dealkylation sites (tertiary alicyclic amines) is 1. The number of esters is 1. The van der Waals surface area contributed by atoms with Crippen LogP contribution in [0.4, 0.5) is 4.39 Å². The van der Waals surface area contributed by atoms with E-state index in [-0.39, 0.29) is 16.9 Å². The summed E-state index contributed by atoms with van der Waals surface area (Å²) in [5.74, 6) is 0.258. The Hall–Kier alpha value is -2.11. The molecule has 0 aromatic heterocycles. The van der Waals surface area contributed by atoms with Gasteiger partial charge in [-0.05, 0) is 53.8 Å². The maximum atomic E-state index is 13.2. The minimum absolute atomic E-state index is 0.00388. The van der Waals surface area contributed by atoms with Gasteiger partial charge in [-0.15, -0.1) is 0 Å². The quantitative estimate of drug-likeness (QED) is 0.720. The van der Waals surface area contributed by atoms with Crippen molar-refractivity contribution < 1.29 is 18.7 Å². The fourth-order valence-electron chi connectivity index (χ4n) is 3.92. The lowest BCUT2D eigenvalue weighted by atomic mass is 9.95. The molecular formula is C21H21ClFNO3. The first-order valence-electron chi connectivity index (χ1n) is 9.06. The van der Waals surface area contributed by atoms with E-state index in [2.05, 4.69) is 17.0 Å². The standard InChI is InChI=1S/C21H21ClFNO3/c1-26-21(25)15-10-24(11-15)20-7-3-14-9-16(4-5-17(14)20)27-12-13-2-6-19(23)18(22)8-13/h2,4-6,8-9,15,20H,3,7,10-12H2,1H3. The highest BCUT2D eigenvalue weighted by Crippen LogP contribution is 2.40. The summed E-state index contributed by atoms with van der Waals surface area (Å²) >= 11 is 5.81. The first kappa shape index (κ1) is 18.3. The number of aryl methyl sites for hydroxylation is 1. The molecule has 0 spiro atoms. The molecule has 2 aromatic carbocycles. The summed E-state index contributed by atoms with van der Waals surface area (Å²) in [6.07, 6.45) is 2.05. The Morgan fingerprint density at radius 1 is 1.26 bits per heavy atom. The van der Waals surface area contributed by atoms with Gasteiger partial charge in [0.25, 0.3) is 0 Å². The molecule has 1 atom stereocenters. The highest BCUT2D eigenvalue weighted by atomic mass is 35.5. The van der Waals surface area contributed by atoms with Gasteiger partial charge in [0.15, 0.2) is 0 Å². The number of hydrogen-bond acceptors (Lipinski definition) is 4. The number of nitrogens with zero attached hydrogens (tertiary/aromatic N) is 1. The minimum atomic E-state index is -0.426. The molecule has 142 valence electrons. The number of hydrogen-bond donors (Lipinski definition) is 0. The maximum absolute atomic E-state index is 13.2. The lowest BCUT2D eigenvalue weighted by Crippen LogP contribution is -2.51. The molecule has 1 aliphatic carbocycles. The minimum Gasteiger partial charge on any atom is -0.489 e. The molecule has 1 unspecified atom stereocenters. The van der Waals surface area contributed by atoms with Crippen LogP contribution in [0.5, 0.6) is 5.75 Å². The Balaban J connectivity index is 1.38. The van der Waals surface area contributed by atoms with Crippen molar-refractivity contribution in [2.45, 2.75) is 25.5 Å². The fraction of sp³-hybridized carbons (Fsp3) is 0.381. The van der Waals surface area contributed by atoms with Crippen molar-refractivity contribution in [2.24, 2.45) is 5.92 Å². The molecule has 6 heteroatoms. The van der Waals surface area contributed by atoms with E-state index in [0.717, 1.165) is 37.2 Å². The lowest BCUT2D eigenvalue weighted by molar-refractivity contribution is -0.152. The predicted octanol–water partition coefficient (Wildman–Crippen LogP) is 4.15. The van der Waals surface area contributed by atoms with Crippen molar-refractivity contribution in [3.8, 4) is 5.75 Å². The average molecular weight is 390 g/mol. The molecule has 2 aliphatic rings. The van der Waals surface area contributed by atoms with Crippen LogP contribution in [0.1, 0.15) is 29.2 Å². The van der Waals surface area contributed by atoms with Gasteiger partial charge in [0.05, 0.1) is 18.1 Å². The number of carbonyl (C=O) groups excluding carboxylic acids is 1. The molecule has 27 heavy (non-hydrogen) atoms. The summed E-state index contributed by atoms with van der Waals surface area (Å²) in [7, 11) is 1.44. The number of fused-ring (bicyclic) bond motifs is 1. The molecule has 1 aliphatic heterocycles. The SMILES string of the molecule is COC(=O)C1CN(C2CCc3cc(OCc4ccc(F)c(Cl)c4)ccc32)C1. The summed E-state index contributed by atoms with van der Waals surface area (Å²) < 4.78 is 23.9. The molecule has 0 N–H and O–H groups in total. The van der Waals surface area contributed by atoms with E-state index >= 15 is 0 Å². The van der Waals surface area contributed by atoms with Crippen LogP contribution in [0.3, 0.4) is 0 Å². The molecule has 4 rings (SSSR count). The molecule has 2 aromatic rings. The Bertz CT molecular complexity index is 867. The summed E-state index contributed by atoms with van der Waals surface area (Å²) in [5.41, 5.74) is 3.43. The van der Waals surface area contributed by atoms with Gasteiger partial charge < -0.3 is 9.47 Å². The topological polar surface area (TPSA) is 38.8 Å². The third-order valence-electron chi connectivity index (χ3n) is 5.44. The molecule has 0 radical (unpaired) electrons. The summed E-state index contributed by atoms with van der Waals surface area (Å²) in [5, 5.41) is 0.104. The van der Waals surface area contributed by atoms with Gasteiger partial charge in [0.2, 0.25) is 0 Å². The van der Waals surface area contributed by atoms with Crippen LogP contribution in [0.2, 0.25) is 5.02 Å². The van der Waals surface area contributed by atoms with E-state index in [1.807, 2.05) is 6.07 Å². The van der Waals surface area contributed by atoms with Gasteiger partial charge in [0, 0.05) is 19.1 Å². The molecule has 4 nitrogen and oxygen atoms in total. The van der Waals surface area contributed by atoms with Gasteiger partial charge >= 0.3 is 5.97 Å². The van der Waals surface area contributed by atoms with E-state index in [1.165, 1.54) is 24.3 Å². The highest BCUT2D eigenvalue weighted by molar-refractivity contribution is 6.30. The zero-order valence-corrected chi connectivity index (χ0v) is 15.8. The van der Waals surface area contributed by atoms with Crippen molar-refractivity contribution in [3.63, 3.8) is 0 Å². The van der Waals surface area contributed by atoms with Crippen LogP contribution >= 0.6 is 11.6 Å². The van der Waals surface area contributed by atoms with Crippen molar-refractivity contribution in [3.05, 3.63) is 63.9 Å². The monoisotopic (exact) mass is 389 g/mol. The largest absolute Gasteiger partial charge is 0.489 e. The molecule has 1 fully saturated rings. The van der Waals surface area contributed by atoms with Gasteiger partial charge in [-0.25, -0.2) is 4.39 Å². The van der Waals surface area contributed by atoms with Crippen LogP contribution in [0.15, 0.2) is 36.4 Å². The van der Waals surface area contributed by atoms with Crippen LogP contribution in [-0.2, 0) is 22.6 Å². The number of rotatable bonds is 5. The zero-order chi connectivity index (χ0) is 19.0. The first-order valence-corrected chi connectivity index (χ1v) is 9.44. The van der Waals surface area contributed by atoms with Crippen molar-refractivity contribution >= 4 is 17.6 Å². The van der Waals surface area contributed by atoms with Crippen LogP contribution < -0.4 is 4.74 Å². The number of carbonyl (C=O) groups is 1. The van der Waals surface area contributed by atoms with E-state index in [1.54, 1.807) is 12.1 Å². The summed E-state index contributed by atoms with van der Waals surface area (Å²) in [6, 6.07) is 11.1. The zero-order valence-electron chi connectivity index (χ0n) is 15.1. The highest BCUT2D eigenvalue weighted by Gasteiger charge is 2.40. The van der Waals surface area contributed by atoms with Crippen molar-refractivity contribution in [1.29, 1.82) is 0 Å². The average Bonchev–Trinajstić information content (AvgIpc) is 3.04. The van der Waals surface area contributed by atoms with Crippen LogP contribution in [-0.4, -0.2) is 31.1 Å². The second kappa shape index (κ2) is 7.49. The molecule has 0 amide bonds. The van der Waals surface area contributed by atoms with Gasteiger partial charge in [-0.3, -0.25) is 9.69 Å². The summed E-state index contributed by atoms with van der Waals surface area (Å²) in [4.78, 5) is 13.9. The molecule has 0 saturated carbocycles. The third kappa shape index (κ3) is 3.66. The molecule has 0 bridgehead atoms. The predicted molar refractivity (Wildman–Crippen MR) is 100 cm³/mol. The van der Waals surface area contributed by atoms with Crippen LogP contribution in [0.25, 0.3) is 0 Å². The third-order valence-corrected chi connectivity index (χ3v) is 5.72. The molecule has 1 heterocycles. The fourth-order valence-corrected chi connectivity index (χ4v) is 4.12. The second-order valence-corrected chi connectivity index (χ2v) is 7.53. The Morgan fingerprint density at radius 2 is 2.07 bits per heavy atom. The van der Waals surface area contributed by atoms with Gasteiger partial charge in [-0.1, -0.05) is 23.7 Å². The molecule has 1 saturated heterocycles. The second-order valence-electron chi connectivity index (χ2n) is 7.13. The maximum Gasteiger partial charge on any atom is 0.311 e. The van der Waals surface area contributed by atoms with E-state index in [0.29, 0.717) is 12.6 Å². The lowest BCUT2D eigenvalue weighted by Gasteiger charge is -2.41. The number of ether oxygens (including phenoxy) is 2. The Kier molecular flexibility index (Phi) is 5.06. The molecular weight excluding hydrogens is 369 g/mol. The first-order chi connectivity index (χ1) is 13.0. The summed E-state index contributed by atoms with van der Waals surface area (Å²) in [6.45, 7) is 1.87. The van der Waals surface area contributed by atoms with E-state index in [4.69, 9.17) is 21.1 Å². The Labute approximate surface area is 162 Å². The van der Waals surface area contributed by atoms with E-state index < -0.39 is 5.82 Å². The van der Waals surface area contributed by atoms with Crippen molar-refractivity contribution in [2.75, 3.05) is 20.2 Å². The van der Waals surface area contributed by atoms with Crippen LogP contribution in [0, 0.1) is 11.7 Å². The normalized spacial score (nSPS) is 19.4.